The molecule has 4 heterocycles. The van der Waals surface area contributed by atoms with Crippen LogP contribution in [-0.2, 0) is 6.54 Å². The van der Waals surface area contributed by atoms with Crippen LogP contribution in [0.4, 0.5) is 0 Å². The summed E-state index contributed by atoms with van der Waals surface area (Å²) in [5.41, 5.74) is 1.93. The predicted octanol–water partition coefficient (Wildman–Crippen LogP) is 5.09. The van der Waals surface area contributed by atoms with E-state index in [9.17, 15) is 0 Å². The van der Waals surface area contributed by atoms with E-state index in [0.717, 1.165) is 59.5 Å². The minimum absolute atomic E-state index is 0.236. The average Bonchev–Trinajstić information content (AvgIpc) is 3.41. The maximum atomic E-state index is 5.82. The number of benzene rings is 1. The minimum Gasteiger partial charge on any atom is -0.465 e. The van der Waals surface area contributed by atoms with Gasteiger partial charge in [0.05, 0.1) is 12.6 Å². The smallest absolute Gasteiger partial charge is 0.231 e. The van der Waals surface area contributed by atoms with Gasteiger partial charge in [-0.15, -0.1) is 0 Å². The summed E-state index contributed by atoms with van der Waals surface area (Å²) in [7, 11) is 0. The molecule has 6 nitrogen and oxygen atoms in total. The Balaban J connectivity index is 1.40. The van der Waals surface area contributed by atoms with Crippen LogP contribution in [0.25, 0.3) is 11.3 Å². The van der Waals surface area contributed by atoms with Gasteiger partial charge in [-0.05, 0) is 56.6 Å². The third-order valence-corrected chi connectivity index (χ3v) is 5.55. The quantitative estimate of drug-likeness (QED) is 0.628. The maximum absolute atomic E-state index is 5.82. The van der Waals surface area contributed by atoms with Crippen molar-refractivity contribution >= 4 is 0 Å². The highest BCUT2D eigenvalue weighted by atomic mass is 16.7. The normalized spacial score (nSPS) is 19.7. The summed E-state index contributed by atoms with van der Waals surface area (Å²) in [6.45, 7) is 4.09. The molecular weight excluding hydrogens is 356 g/mol. The van der Waals surface area contributed by atoms with Crippen molar-refractivity contribution in [3.8, 4) is 22.8 Å². The Labute approximate surface area is 164 Å². The standard InChI is InChI=1S/C22H24N2O4/c1-15-6-8-17(27-15)13-24-10-4-2-3-5-19(24)18-12-21(28-23-18)16-7-9-20-22(11-16)26-14-25-20/h6-9,11-12,19H,2-5,10,13-14H2,1H3/t19-/m0/s1. The Morgan fingerprint density at radius 3 is 2.86 bits per heavy atom. The third-order valence-electron chi connectivity index (χ3n) is 5.55. The molecule has 0 N–H and O–H groups in total. The molecule has 0 radical (unpaired) electrons. The number of aromatic nitrogens is 1. The van der Waals surface area contributed by atoms with Gasteiger partial charge in [-0.3, -0.25) is 4.90 Å². The van der Waals surface area contributed by atoms with Gasteiger partial charge in [0.1, 0.15) is 17.2 Å². The second-order valence-corrected chi connectivity index (χ2v) is 7.53. The van der Waals surface area contributed by atoms with E-state index >= 15 is 0 Å². The van der Waals surface area contributed by atoms with Crippen LogP contribution in [0.5, 0.6) is 11.5 Å². The summed E-state index contributed by atoms with van der Waals surface area (Å²) in [5, 5.41) is 4.43. The van der Waals surface area contributed by atoms with Crippen LogP contribution in [0.3, 0.4) is 0 Å². The summed E-state index contributed by atoms with van der Waals surface area (Å²) in [5.74, 6) is 4.23. The number of likely N-dealkylation sites (tertiary alicyclic amines) is 1. The zero-order chi connectivity index (χ0) is 18.9. The van der Waals surface area contributed by atoms with Crippen LogP contribution in [-0.4, -0.2) is 23.4 Å². The molecule has 0 saturated carbocycles. The summed E-state index contributed by atoms with van der Waals surface area (Å²) >= 11 is 0. The first-order valence-corrected chi connectivity index (χ1v) is 9.92. The number of hydrogen-bond donors (Lipinski definition) is 0. The Morgan fingerprint density at radius 2 is 1.96 bits per heavy atom. The number of hydrogen-bond acceptors (Lipinski definition) is 6. The van der Waals surface area contributed by atoms with Gasteiger partial charge in [0.25, 0.3) is 0 Å². The number of nitrogens with zero attached hydrogens (tertiary/aromatic N) is 2. The molecule has 0 bridgehead atoms. The Bertz CT molecular complexity index is 961. The highest BCUT2D eigenvalue weighted by molar-refractivity contribution is 5.63. The summed E-state index contributed by atoms with van der Waals surface area (Å²) in [4.78, 5) is 2.46. The molecule has 3 aromatic rings. The number of aryl methyl sites for hydroxylation is 1. The fourth-order valence-corrected chi connectivity index (χ4v) is 4.09. The molecule has 2 aliphatic heterocycles. The molecule has 0 unspecified atom stereocenters. The Morgan fingerprint density at radius 1 is 1.04 bits per heavy atom. The first-order chi connectivity index (χ1) is 13.8. The van der Waals surface area contributed by atoms with Crippen LogP contribution >= 0.6 is 0 Å². The van der Waals surface area contributed by atoms with E-state index in [-0.39, 0.29) is 12.8 Å². The lowest BCUT2D eigenvalue weighted by molar-refractivity contribution is 0.170. The Hall–Kier alpha value is -2.73. The molecule has 0 amide bonds. The monoisotopic (exact) mass is 380 g/mol. The number of furan rings is 1. The molecule has 2 aliphatic rings. The van der Waals surface area contributed by atoms with Gasteiger partial charge in [0.15, 0.2) is 17.3 Å². The van der Waals surface area contributed by atoms with Crippen molar-refractivity contribution in [1.82, 2.24) is 10.1 Å². The largest absolute Gasteiger partial charge is 0.465 e. The molecule has 5 rings (SSSR count). The Kier molecular flexibility index (Phi) is 4.56. The molecule has 28 heavy (non-hydrogen) atoms. The van der Waals surface area contributed by atoms with Crippen LogP contribution in [0.1, 0.15) is 48.9 Å². The molecular formula is C22H24N2O4. The third kappa shape index (κ3) is 3.40. The number of fused-ring (bicyclic) bond motifs is 1. The zero-order valence-electron chi connectivity index (χ0n) is 16.0. The lowest BCUT2D eigenvalue weighted by Gasteiger charge is -2.27. The molecule has 0 aliphatic carbocycles. The van der Waals surface area contributed by atoms with E-state index in [1.165, 1.54) is 19.3 Å². The topological polar surface area (TPSA) is 60.9 Å². The van der Waals surface area contributed by atoms with Crippen molar-refractivity contribution in [2.45, 2.75) is 45.2 Å². The molecule has 1 atom stereocenters. The van der Waals surface area contributed by atoms with E-state index in [1.54, 1.807) is 0 Å². The molecule has 1 aromatic carbocycles. The molecule has 1 saturated heterocycles. The molecule has 146 valence electrons. The van der Waals surface area contributed by atoms with Crippen molar-refractivity contribution in [2.24, 2.45) is 0 Å². The van der Waals surface area contributed by atoms with Crippen LogP contribution in [0, 0.1) is 6.92 Å². The molecule has 2 aromatic heterocycles. The summed E-state index contributed by atoms with van der Waals surface area (Å²) in [6, 6.07) is 12.2. The maximum Gasteiger partial charge on any atom is 0.231 e. The highest BCUT2D eigenvalue weighted by Gasteiger charge is 2.27. The van der Waals surface area contributed by atoms with E-state index < -0.39 is 0 Å². The van der Waals surface area contributed by atoms with Crippen LogP contribution in [0.2, 0.25) is 0 Å². The van der Waals surface area contributed by atoms with Crippen LogP contribution < -0.4 is 9.47 Å². The second-order valence-electron chi connectivity index (χ2n) is 7.53. The predicted molar refractivity (Wildman–Crippen MR) is 103 cm³/mol. The van der Waals surface area contributed by atoms with E-state index in [4.69, 9.17) is 18.4 Å². The summed E-state index contributed by atoms with van der Waals surface area (Å²) < 4.78 is 22.4. The van der Waals surface area contributed by atoms with Gasteiger partial charge in [-0.25, -0.2) is 0 Å². The van der Waals surface area contributed by atoms with Gasteiger partial charge in [-0.1, -0.05) is 18.0 Å². The number of rotatable bonds is 4. The fraction of sp³-hybridized carbons (Fsp3) is 0.409. The highest BCUT2D eigenvalue weighted by Crippen LogP contribution is 2.38. The van der Waals surface area contributed by atoms with Gasteiger partial charge in [0.2, 0.25) is 6.79 Å². The van der Waals surface area contributed by atoms with Gasteiger partial charge in [0, 0.05) is 11.6 Å². The van der Waals surface area contributed by atoms with Crippen molar-refractivity contribution < 1.29 is 18.4 Å². The van der Waals surface area contributed by atoms with Crippen molar-refractivity contribution in [2.75, 3.05) is 13.3 Å². The lowest BCUT2D eigenvalue weighted by atomic mass is 10.0. The van der Waals surface area contributed by atoms with Gasteiger partial charge < -0.3 is 18.4 Å². The van der Waals surface area contributed by atoms with E-state index in [2.05, 4.69) is 22.2 Å². The van der Waals surface area contributed by atoms with Crippen LogP contribution in [0.15, 0.2) is 45.3 Å². The average molecular weight is 380 g/mol. The van der Waals surface area contributed by atoms with Crippen molar-refractivity contribution in [3.63, 3.8) is 0 Å². The molecule has 0 spiro atoms. The second kappa shape index (κ2) is 7.36. The van der Waals surface area contributed by atoms with Crippen molar-refractivity contribution in [3.05, 3.63) is 53.6 Å². The SMILES string of the molecule is Cc1ccc(CN2CCCCC[C@H]2c2cc(-c3ccc4c(c3)OCO4)on2)o1. The van der Waals surface area contributed by atoms with Gasteiger partial charge in [-0.2, -0.15) is 0 Å². The molecule has 1 fully saturated rings. The molecule has 6 heteroatoms. The van der Waals surface area contributed by atoms with Crippen molar-refractivity contribution in [1.29, 1.82) is 0 Å². The fourth-order valence-electron chi connectivity index (χ4n) is 4.09. The minimum atomic E-state index is 0.236. The number of ether oxygens (including phenoxy) is 2. The van der Waals surface area contributed by atoms with E-state index in [1.807, 2.05) is 31.2 Å². The van der Waals surface area contributed by atoms with Gasteiger partial charge >= 0.3 is 0 Å². The zero-order valence-corrected chi connectivity index (χ0v) is 16.0. The summed E-state index contributed by atoms with van der Waals surface area (Å²) in [6.07, 6.45) is 4.72. The first-order valence-electron chi connectivity index (χ1n) is 9.92. The van der Waals surface area contributed by atoms with E-state index in [0.29, 0.717) is 0 Å². The first kappa shape index (κ1) is 17.4. The lowest BCUT2D eigenvalue weighted by Crippen LogP contribution is -2.28.